The Bertz CT molecular complexity index is 472. The van der Waals surface area contributed by atoms with Crippen molar-refractivity contribution in [2.45, 2.75) is 25.6 Å². The van der Waals surface area contributed by atoms with Crippen LogP contribution in [0.4, 0.5) is 9.18 Å². The van der Waals surface area contributed by atoms with Gasteiger partial charge in [-0.05, 0) is 24.6 Å². The van der Waals surface area contributed by atoms with Crippen molar-refractivity contribution in [3.05, 3.63) is 35.1 Å². The summed E-state index contributed by atoms with van der Waals surface area (Å²) in [5.74, 6) is -0.245. The summed E-state index contributed by atoms with van der Waals surface area (Å²) in [7, 11) is 0. The molecular formula is C13H15FN2O2. The maximum Gasteiger partial charge on any atom is 0.410 e. The number of carbonyl (C=O) groups excluding carboxylic acids is 1. The van der Waals surface area contributed by atoms with Crippen molar-refractivity contribution in [3.63, 3.8) is 0 Å². The minimum absolute atomic E-state index is 0.0499. The van der Waals surface area contributed by atoms with E-state index in [0.29, 0.717) is 25.2 Å². The van der Waals surface area contributed by atoms with Crippen molar-refractivity contribution in [2.75, 3.05) is 13.1 Å². The number of carbonyl (C=O) groups is 1. The zero-order valence-corrected chi connectivity index (χ0v) is 9.99. The Labute approximate surface area is 105 Å². The van der Waals surface area contributed by atoms with Gasteiger partial charge in [0, 0.05) is 18.7 Å². The summed E-state index contributed by atoms with van der Waals surface area (Å²) in [6.07, 6.45) is 0.450. The van der Waals surface area contributed by atoms with E-state index in [1.165, 1.54) is 6.07 Å². The molecule has 5 heteroatoms. The fourth-order valence-corrected chi connectivity index (χ4v) is 2.46. The highest BCUT2D eigenvalue weighted by Gasteiger charge is 2.29. The third kappa shape index (κ3) is 2.06. The van der Waals surface area contributed by atoms with Crippen LogP contribution in [-0.4, -0.2) is 30.2 Å². The lowest BCUT2D eigenvalue weighted by Crippen LogP contribution is -2.31. The summed E-state index contributed by atoms with van der Waals surface area (Å²) >= 11 is 0. The summed E-state index contributed by atoms with van der Waals surface area (Å²) in [5.41, 5.74) is 1.48. The van der Waals surface area contributed by atoms with Gasteiger partial charge in [-0.3, -0.25) is 4.90 Å². The number of nitrogens with zero attached hydrogens (tertiary/aromatic N) is 1. The van der Waals surface area contributed by atoms with Gasteiger partial charge in [0.1, 0.15) is 11.9 Å². The van der Waals surface area contributed by atoms with Crippen LogP contribution in [0.2, 0.25) is 0 Å². The van der Waals surface area contributed by atoms with Crippen LogP contribution in [0.1, 0.15) is 17.5 Å². The van der Waals surface area contributed by atoms with E-state index < -0.39 is 0 Å². The average molecular weight is 250 g/mol. The highest BCUT2D eigenvalue weighted by molar-refractivity contribution is 5.69. The molecular weight excluding hydrogens is 235 g/mol. The fraction of sp³-hybridized carbons (Fsp3) is 0.462. The molecule has 0 spiro atoms. The van der Waals surface area contributed by atoms with Crippen LogP contribution in [0.3, 0.4) is 0 Å². The van der Waals surface area contributed by atoms with Crippen molar-refractivity contribution >= 4 is 6.09 Å². The summed E-state index contributed by atoms with van der Waals surface area (Å²) in [6, 6.07) is 4.95. The molecule has 2 aliphatic heterocycles. The Balaban J connectivity index is 1.66. The van der Waals surface area contributed by atoms with Crippen LogP contribution in [0.25, 0.3) is 0 Å². The first-order valence-electron chi connectivity index (χ1n) is 6.16. The number of halogens is 1. The third-order valence-electron chi connectivity index (χ3n) is 3.47. The summed E-state index contributed by atoms with van der Waals surface area (Å²) < 4.78 is 18.9. The Kier molecular flexibility index (Phi) is 2.91. The molecule has 1 atom stereocenters. The Morgan fingerprint density at radius 2 is 2.33 bits per heavy atom. The van der Waals surface area contributed by atoms with E-state index in [1.54, 1.807) is 11.0 Å². The minimum atomic E-state index is -0.348. The second-order valence-electron chi connectivity index (χ2n) is 4.73. The number of rotatable bonds is 1. The van der Waals surface area contributed by atoms with Crippen molar-refractivity contribution < 1.29 is 13.9 Å². The van der Waals surface area contributed by atoms with E-state index in [-0.39, 0.29) is 18.0 Å². The first kappa shape index (κ1) is 11.5. The number of hydrogen-bond donors (Lipinski definition) is 1. The summed E-state index contributed by atoms with van der Waals surface area (Å²) in [4.78, 5) is 13.5. The third-order valence-corrected chi connectivity index (χ3v) is 3.47. The van der Waals surface area contributed by atoms with Gasteiger partial charge in [0.05, 0.1) is 6.54 Å². The molecule has 18 heavy (non-hydrogen) atoms. The molecule has 4 nitrogen and oxygen atoms in total. The second kappa shape index (κ2) is 4.57. The Hall–Kier alpha value is -1.62. The normalized spacial score (nSPS) is 22.1. The van der Waals surface area contributed by atoms with E-state index in [4.69, 9.17) is 4.74 Å². The van der Waals surface area contributed by atoms with Crippen LogP contribution in [-0.2, 0) is 17.8 Å². The topological polar surface area (TPSA) is 41.6 Å². The molecule has 0 unspecified atom stereocenters. The highest BCUT2D eigenvalue weighted by atomic mass is 19.1. The molecule has 2 heterocycles. The van der Waals surface area contributed by atoms with E-state index in [2.05, 4.69) is 5.32 Å². The number of benzene rings is 1. The van der Waals surface area contributed by atoms with Crippen LogP contribution in [0.15, 0.2) is 18.2 Å². The average Bonchev–Trinajstić information content (AvgIpc) is 2.97. The molecule has 1 aromatic carbocycles. The molecule has 96 valence electrons. The van der Waals surface area contributed by atoms with Crippen molar-refractivity contribution in [1.29, 1.82) is 0 Å². The van der Waals surface area contributed by atoms with Crippen LogP contribution in [0.5, 0.6) is 0 Å². The van der Waals surface area contributed by atoms with Crippen LogP contribution in [0, 0.1) is 5.82 Å². The molecule has 0 saturated carbocycles. The van der Waals surface area contributed by atoms with Crippen LogP contribution < -0.4 is 5.32 Å². The molecule has 2 aliphatic rings. The molecule has 0 aliphatic carbocycles. The lowest BCUT2D eigenvalue weighted by atomic mass is 10.1. The molecule has 1 aromatic rings. The number of ether oxygens (including phenoxy) is 1. The maximum absolute atomic E-state index is 13.5. The van der Waals surface area contributed by atoms with E-state index in [0.717, 1.165) is 18.5 Å². The van der Waals surface area contributed by atoms with Gasteiger partial charge in [0.25, 0.3) is 0 Å². The van der Waals surface area contributed by atoms with Crippen molar-refractivity contribution in [3.8, 4) is 0 Å². The number of nitrogens with one attached hydrogen (secondary N) is 1. The quantitative estimate of drug-likeness (QED) is 0.823. The minimum Gasteiger partial charge on any atom is -0.445 e. The molecule has 1 fully saturated rings. The largest absolute Gasteiger partial charge is 0.445 e. The zero-order chi connectivity index (χ0) is 12.5. The smallest absolute Gasteiger partial charge is 0.410 e. The van der Waals surface area contributed by atoms with Gasteiger partial charge < -0.3 is 10.1 Å². The molecule has 0 aromatic heterocycles. The van der Waals surface area contributed by atoms with E-state index >= 15 is 0 Å². The monoisotopic (exact) mass is 250 g/mol. The molecule has 1 amide bonds. The molecule has 1 saturated heterocycles. The zero-order valence-electron chi connectivity index (χ0n) is 9.99. The first-order chi connectivity index (χ1) is 8.74. The highest BCUT2D eigenvalue weighted by Crippen LogP contribution is 2.25. The van der Waals surface area contributed by atoms with Gasteiger partial charge in [-0.2, -0.15) is 0 Å². The summed E-state index contributed by atoms with van der Waals surface area (Å²) in [6.45, 7) is 2.33. The Morgan fingerprint density at radius 3 is 3.06 bits per heavy atom. The lowest BCUT2D eigenvalue weighted by molar-refractivity contribution is 0.0694. The van der Waals surface area contributed by atoms with Gasteiger partial charge in [0.15, 0.2) is 0 Å². The predicted molar refractivity (Wildman–Crippen MR) is 63.4 cm³/mol. The van der Waals surface area contributed by atoms with Gasteiger partial charge in [-0.1, -0.05) is 12.1 Å². The first-order valence-corrected chi connectivity index (χ1v) is 6.16. The second-order valence-corrected chi connectivity index (χ2v) is 4.73. The molecule has 0 radical (unpaired) electrons. The number of amides is 1. The molecule has 1 N–H and O–H groups in total. The lowest BCUT2D eigenvalue weighted by Gasteiger charge is -2.18. The Morgan fingerprint density at radius 1 is 1.44 bits per heavy atom. The molecule has 3 rings (SSSR count). The van der Waals surface area contributed by atoms with E-state index in [9.17, 15) is 9.18 Å². The van der Waals surface area contributed by atoms with Gasteiger partial charge >= 0.3 is 6.09 Å². The van der Waals surface area contributed by atoms with E-state index in [1.807, 2.05) is 6.07 Å². The molecule has 0 bridgehead atoms. The standard InChI is InChI=1S/C13H15FN2O2/c14-12-3-1-2-9-7-16(8-11(9)12)13(17)18-10-4-5-15-6-10/h1-3,10,15H,4-8H2/t10-/m1/s1. The van der Waals surface area contributed by atoms with Crippen molar-refractivity contribution in [1.82, 2.24) is 10.2 Å². The summed E-state index contributed by atoms with van der Waals surface area (Å²) in [5, 5.41) is 3.14. The fourth-order valence-electron chi connectivity index (χ4n) is 2.46. The predicted octanol–water partition coefficient (Wildman–Crippen LogP) is 1.64. The van der Waals surface area contributed by atoms with Crippen molar-refractivity contribution in [2.24, 2.45) is 0 Å². The van der Waals surface area contributed by atoms with Gasteiger partial charge in [-0.25, -0.2) is 9.18 Å². The number of fused-ring (bicyclic) bond motifs is 1. The maximum atomic E-state index is 13.5. The van der Waals surface area contributed by atoms with Gasteiger partial charge in [-0.15, -0.1) is 0 Å². The SMILES string of the molecule is O=C(O[C@@H]1CCNC1)N1Cc2cccc(F)c2C1. The van der Waals surface area contributed by atoms with Crippen LogP contribution >= 0.6 is 0 Å². The number of hydrogen-bond acceptors (Lipinski definition) is 3. The van der Waals surface area contributed by atoms with Gasteiger partial charge in [0.2, 0.25) is 0 Å².